The monoisotopic (exact) mass is 406 g/mol. The zero-order valence-electron chi connectivity index (χ0n) is 18.4. The van der Waals surface area contributed by atoms with Crippen LogP contribution >= 0.6 is 0 Å². The number of hydrogen-bond acceptors (Lipinski definition) is 3. The predicted octanol–water partition coefficient (Wildman–Crippen LogP) is 7.96. The van der Waals surface area contributed by atoms with E-state index in [2.05, 4.69) is 69.1 Å². The maximum atomic E-state index is 6.23. The normalized spacial score (nSPS) is 11.8. The van der Waals surface area contributed by atoms with Gasteiger partial charge in [-0.25, -0.2) is 9.97 Å². The van der Waals surface area contributed by atoms with E-state index in [0.717, 1.165) is 33.2 Å². The number of benzene rings is 3. The highest BCUT2D eigenvalue weighted by Crippen LogP contribution is 2.37. The van der Waals surface area contributed by atoms with Crippen LogP contribution in [-0.2, 0) is 0 Å². The number of para-hydroxylation sites is 2. The molecule has 0 fully saturated rings. The number of aromatic nitrogens is 2. The van der Waals surface area contributed by atoms with Crippen molar-refractivity contribution in [1.29, 1.82) is 0 Å². The first kappa shape index (κ1) is 19.5. The Morgan fingerprint density at radius 2 is 1.39 bits per heavy atom. The molecule has 0 aliphatic heterocycles. The molecule has 5 aromatic rings. The molecule has 3 heteroatoms. The van der Waals surface area contributed by atoms with Crippen molar-refractivity contribution in [2.75, 3.05) is 0 Å². The van der Waals surface area contributed by atoms with Crippen molar-refractivity contribution in [2.24, 2.45) is 0 Å². The molecule has 0 aliphatic rings. The van der Waals surface area contributed by atoms with Crippen LogP contribution < -0.4 is 0 Å². The summed E-state index contributed by atoms with van der Waals surface area (Å²) in [7, 11) is 0. The molecule has 0 saturated carbocycles. The van der Waals surface area contributed by atoms with Crippen LogP contribution in [0.2, 0.25) is 0 Å². The third kappa shape index (κ3) is 3.31. The van der Waals surface area contributed by atoms with Gasteiger partial charge in [-0.1, -0.05) is 76.2 Å². The average Bonchev–Trinajstić information content (AvgIpc) is 3.17. The second-order valence-electron chi connectivity index (χ2n) is 8.67. The van der Waals surface area contributed by atoms with Crippen LogP contribution in [0.4, 0.5) is 0 Å². The largest absolute Gasteiger partial charge is 0.455 e. The van der Waals surface area contributed by atoms with Gasteiger partial charge in [0, 0.05) is 22.5 Å². The molecule has 0 saturated heterocycles. The van der Waals surface area contributed by atoms with Crippen molar-refractivity contribution >= 4 is 21.9 Å². The molecule has 0 amide bonds. The highest BCUT2D eigenvalue weighted by molar-refractivity contribution is 6.09. The molecule has 2 heterocycles. The Balaban J connectivity index is 1.74. The lowest BCUT2D eigenvalue weighted by molar-refractivity contribution is 0.669. The van der Waals surface area contributed by atoms with E-state index in [9.17, 15) is 0 Å². The zero-order chi connectivity index (χ0) is 21.5. The van der Waals surface area contributed by atoms with Gasteiger partial charge in [0.15, 0.2) is 5.82 Å². The van der Waals surface area contributed by atoms with Crippen molar-refractivity contribution in [1.82, 2.24) is 9.97 Å². The topological polar surface area (TPSA) is 38.9 Å². The molecule has 0 atom stereocenters. The molecule has 0 unspecified atom stereocenters. The maximum Gasteiger partial charge on any atom is 0.163 e. The second kappa shape index (κ2) is 7.66. The van der Waals surface area contributed by atoms with Crippen molar-refractivity contribution in [3.05, 3.63) is 84.1 Å². The molecule has 3 nitrogen and oxygen atoms in total. The third-order valence-electron chi connectivity index (χ3n) is 5.93. The minimum Gasteiger partial charge on any atom is -0.455 e. The van der Waals surface area contributed by atoms with Gasteiger partial charge in [-0.05, 0) is 41.2 Å². The van der Waals surface area contributed by atoms with E-state index < -0.39 is 0 Å². The van der Waals surface area contributed by atoms with E-state index in [-0.39, 0.29) is 0 Å². The Labute approximate surface area is 182 Å². The molecule has 31 heavy (non-hydrogen) atoms. The fraction of sp³-hybridized carbons (Fsp3) is 0.214. The van der Waals surface area contributed by atoms with Crippen LogP contribution in [-0.4, -0.2) is 9.97 Å². The summed E-state index contributed by atoms with van der Waals surface area (Å²) in [5.41, 5.74) is 7.47. The van der Waals surface area contributed by atoms with Crippen LogP contribution in [0.5, 0.6) is 0 Å². The van der Waals surface area contributed by atoms with E-state index in [0.29, 0.717) is 17.7 Å². The molecule has 0 N–H and O–H groups in total. The first-order chi connectivity index (χ1) is 15.0. The van der Waals surface area contributed by atoms with Crippen LogP contribution in [0.1, 0.15) is 50.7 Å². The summed E-state index contributed by atoms with van der Waals surface area (Å²) in [6.07, 6.45) is 1.86. The van der Waals surface area contributed by atoms with Gasteiger partial charge < -0.3 is 4.42 Å². The number of furan rings is 1. The predicted molar refractivity (Wildman–Crippen MR) is 128 cm³/mol. The lowest BCUT2D eigenvalue weighted by Gasteiger charge is -2.19. The van der Waals surface area contributed by atoms with Gasteiger partial charge in [-0.2, -0.15) is 0 Å². The summed E-state index contributed by atoms with van der Waals surface area (Å²) in [5, 5.41) is 2.20. The Morgan fingerprint density at radius 3 is 2.13 bits per heavy atom. The van der Waals surface area contributed by atoms with Gasteiger partial charge in [0.1, 0.15) is 11.2 Å². The fourth-order valence-electron chi connectivity index (χ4n) is 4.40. The maximum absolute atomic E-state index is 6.23. The van der Waals surface area contributed by atoms with Gasteiger partial charge in [0.25, 0.3) is 0 Å². The third-order valence-corrected chi connectivity index (χ3v) is 5.93. The highest BCUT2D eigenvalue weighted by Gasteiger charge is 2.19. The van der Waals surface area contributed by atoms with Gasteiger partial charge >= 0.3 is 0 Å². The van der Waals surface area contributed by atoms with Gasteiger partial charge in [-0.15, -0.1) is 0 Å². The van der Waals surface area contributed by atoms with Crippen LogP contribution in [0.15, 0.2) is 77.3 Å². The first-order valence-electron chi connectivity index (χ1n) is 10.9. The summed E-state index contributed by atoms with van der Waals surface area (Å²) in [6.45, 7) is 8.95. The highest BCUT2D eigenvalue weighted by atomic mass is 16.3. The number of fused-ring (bicyclic) bond motifs is 3. The lowest BCUT2D eigenvalue weighted by Crippen LogP contribution is -2.02. The van der Waals surface area contributed by atoms with Crippen LogP contribution in [0.3, 0.4) is 0 Å². The number of rotatable bonds is 4. The molecule has 0 aliphatic carbocycles. The van der Waals surface area contributed by atoms with Crippen molar-refractivity contribution in [3.63, 3.8) is 0 Å². The summed E-state index contributed by atoms with van der Waals surface area (Å²) >= 11 is 0. The molecule has 2 aromatic heterocycles. The lowest BCUT2D eigenvalue weighted by atomic mass is 9.87. The molecule has 154 valence electrons. The smallest absolute Gasteiger partial charge is 0.163 e. The first-order valence-corrected chi connectivity index (χ1v) is 10.9. The summed E-state index contributed by atoms with van der Waals surface area (Å²) in [6, 6.07) is 22.9. The number of hydrogen-bond donors (Lipinski definition) is 0. The molecule has 0 radical (unpaired) electrons. The Morgan fingerprint density at radius 1 is 0.710 bits per heavy atom. The van der Waals surface area contributed by atoms with E-state index >= 15 is 0 Å². The Kier molecular flexibility index (Phi) is 4.82. The number of nitrogens with zero attached hydrogens (tertiary/aromatic N) is 2. The fourth-order valence-corrected chi connectivity index (χ4v) is 4.40. The Bertz CT molecular complexity index is 1370. The van der Waals surface area contributed by atoms with E-state index in [1.165, 1.54) is 16.7 Å². The summed E-state index contributed by atoms with van der Waals surface area (Å²) in [5.74, 6) is 1.51. The minimum atomic E-state index is 0.408. The van der Waals surface area contributed by atoms with Crippen molar-refractivity contribution in [3.8, 4) is 22.6 Å². The van der Waals surface area contributed by atoms with Gasteiger partial charge in [0.2, 0.25) is 0 Å². The summed E-state index contributed by atoms with van der Waals surface area (Å²) < 4.78 is 6.23. The second-order valence-corrected chi connectivity index (χ2v) is 8.67. The minimum absolute atomic E-state index is 0.408. The molecular formula is C28H26N2O. The molecule has 5 rings (SSSR count). The molecule has 0 spiro atoms. The van der Waals surface area contributed by atoms with E-state index in [1.54, 1.807) is 0 Å². The Hall–Kier alpha value is -3.46. The van der Waals surface area contributed by atoms with Gasteiger partial charge in [-0.3, -0.25) is 0 Å². The van der Waals surface area contributed by atoms with Crippen LogP contribution in [0, 0.1) is 0 Å². The molecular weight excluding hydrogens is 380 g/mol. The standard InChI is InChI=1S/C28H26N2O/c1-17(2)19-10-7-11-20(18(3)4)26(19)24-15-16-29-28(30-24)23-13-8-12-22-21-9-5-6-14-25(21)31-27(22)23/h5-18H,1-4H3. The zero-order valence-corrected chi connectivity index (χ0v) is 18.4. The van der Waals surface area contributed by atoms with Crippen LogP contribution in [0.25, 0.3) is 44.6 Å². The average molecular weight is 407 g/mol. The van der Waals surface area contributed by atoms with E-state index in [1.807, 2.05) is 36.5 Å². The van der Waals surface area contributed by atoms with E-state index in [4.69, 9.17) is 9.40 Å². The quantitative estimate of drug-likeness (QED) is 0.304. The molecule has 0 bridgehead atoms. The SMILES string of the molecule is CC(C)c1cccc(C(C)C)c1-c1ccnc(-c2cccc3c2oc2ccccc23)n1. The summed E-state index contributed by atoms with van der Waals surface area (Å²) in [4.78, 5) is 9.68. The van der Waals surface area contributed by atoms with Crippen molar-refractivity contribution < 1.29 is 4.42 Å². The van der Waals surface area contributed by atoms with Crippen molar-refractivity contribution in [2.45, 2.75) is 39.5 Å². The van der Waals surface area contributed by atoms with Gasteiger partial charge in [0.05, 0.1) is 11.3 Å². The molecule has 3 aromatic carbocycles.